The van der Waals surface area contributed by atoms with Crippen LogP contribution in [-0.4, -0.2) is 73.4 Å². The standard InChI is InChI=1S/C24H27N3O7S/c1-2-35(33,34)27(18-9-4-3-5-10-18)15-21(28)20(14-23(30)31)25-22(29)16-26-13-12-17-8-6-7-11-19(17)24(26)32/h3-11,20H,2,12-16H2,1H3,(H,25,29)(H,30,31). The first-order valence-corrected chi connectivity index (χ1v) is 12.7. The number of carboxylic acids is 1. The highest BCUT2D eigenvalue weighted by molar-refractivity contribution is 7.92. The molecule has 10 nitrogen and oxygen atoms in total. The Bertz CT molecular complexity index is 1210. The second kappa shape index (κ2) is 11.1. The Balaban J connectivity index is 1.73. The van der Waals surface area contributed by atoms with Crippen molar-refractivity contribution < 1.29 is 32.7 Å². The van der Waals surface area contributed by atoms with Crippen LogP contribution in [0, 0.1) is 0 Å². The summed E-state index contributed by atoms with van der Waals surface area (Å²) in [6.45, 7) is 0.734. The molecule has 0 spiro atoms. The fraction of sp³-hybridized carbons (Fsp3) is 0.333. The number of sulfonamides is 1. The van der Waals surface area contributed by atoms with Gasteiger partial charge in [0.25, 0.3) is 5.91 Å². The van der Waals surface area contributed by atoms with Crippen molar-refractivity contribution in [1.82, 2.24) is 10.2 Å². The monoisotopic (exact) mass is 501 g/mol. The van der Waals surface area contributed by atoms with E-state index in [0.29, 0.717) is 18.5 Å². The number of aliphatic carboxylic acids is 1. The average Bonchev–Trinajstić information content (AvgIpc) is 2.84. The number of hydrogen-bond acceptors (Lipinski definition) is 6. The predicted molar refractivity (Wildman–Crippen MR) is 128 cm³/mol. The molecular weight excluding hydrogens is 474 g/mol. The maximum absolute atomic E-state index is 13.0. The van der Waals surface area contributed by atoms with Crippen molar-refractivity contribution in [1.29, 1.82) is 0 Å². The van der Waals surface area contributed by atoms with Gasteiger partial charge in [0.1, 0.15) is 0 Å². The minimum absolute atomic E-state index is 0.251. The first-order chi connectivity index (χ1) is 16.6. The lowest BCUT2D eigenvalue weighted by Gasteiger charge is -2.29. The fourth-order valence-electron chi connectivity index (χ4n) is 3.81. The summed E-state index contributed by atoms with van der Waals surface area (Å²) in [5.41, 5.74) is 1.62. The molecule has 0 fully saturated rings. The molecule has 35 heavy (non-hydrogen) atoms. The molecule has 2 aromatic carbocycles. The van der Waals surface area contributed by atoms with Crippen molar-refractivity contribution in [3.63, 3.8) is 0 Å². The smallest absolute Gasteiger partial charge is 0.305 e. The number of para-hydroxylation sites is 1. The van der Waals surface area contributed by atoms with E-state index >= 15 is 0 Å². The molecule has 186 valence electrons. The van der Waals surface area contributed by atoms with Gasteiger partial charge in [0, 0.05) is 12.1 Å². The summed E-state index contributed by atoms with van der Waals surface area (Å²) in [7, 11) is -3.86. The summed E-state index contributed by atoms with van der Waals surface area (Å²) >= 11 is 0. The largest absolute Gasteiger partial charge is 0.481 e. The van der Waals surface area contributed by atoms with Crippen LogP contribution in [0.15, 0.2) is 54.6 Å². The molecule has 0 saturated carbocycles. The molecule has 1 heterocycles. The van der Waals surface area contributed by atoms with Crippen LogP contribution in [0.5, 0.6) is 0 Å². The van der Waals surface area contributed by atoms with E-state index in [1.807, 2.05) is 12.1 Å². The van der Waals surface area contributed by atoms with Gasteiger partial charge < -0.3 is 15.3 Å². The van der Waals surface area contributed by atoms with Crippen molar-refractivity contribution in [2.45, 2.75) is 25.8 Å². The van der Waals surface area contributed by atoms with E-state index in [9.17, 15) is 32.7 Å². The van der Waals surface area contributed by atoms with E-state index in [4.69, 9.17) is 0 Å². The number of nitrogens with zero attached hydrogens (tertiary/aromatic N) is 2. The van der Waals surface area contributed by atoms with Gasteiger partial charge in [-0.15, -0.1) is 0 Å². The van der Waals surface area contributed by atoms with Gasteiger partial charge in [-0.3, -0.25) is 23.5 Å². The second-order valence-corrected chi connectivity index (χ2v) is 10.2. The van der Waals surface area contributed by atoms with Crippen LogP contribution >= 0.6 is 0 Å². The Morgan fingerprint density at radius 3 is 2.40 bits per heavy atom. The predicted octanol–water partition coefficient (Wildman–Crippen LogP) is 1.07. The molecule has 0 aliphatic carbocycles. The van der Waals surface area contributed by atoms with Crippen molar-refractivity contribution >= 4 is 39.3 Å². The van der Waals surface area contributed by atoms with Crippen LogP contribution in [0.2, 0.25) is 0 Å². The van der Waals surface area contributed by atoms with Crippen LogP contribution in [-0.2, 0) is 30.8 Å². The van der Waals surface area contributed by atoms with Crippen LogP contribution in [0.25, 0.3) is 0 Å². The van der Waals surface area contributed by atoms with E-state index in [1.165, 1.54) is 24.0 Å². The number of carboxylic acid groups (broad SMARTS) is 1. The molecule has 2 N–H and O–H groups in total. The Labute approximate surface area is 203 Å². The molecular formula is C24H27N3O7S. The molecule has 2 aromatic rings. The number of hydrogen-bond donors (Lipinski definition) is 2. The Hall–Kier alpha value is -3.73. The Morgan fingerprint density at radius 2 is 1.74 bits per heavy atom. The summed E-state index contributed by atoms with van der Waals surface area (Å²) in [5, 5.41) is 11.7. The van der Waals surface area contributed by atoms with Crippen LogP contribution < -0.4 is 9.62 Å². The van der Waals surface area contributed by atoms with E-state index in [2.05, 4.69) is 5.32 Å². The highest BCUT2D eigenvalue weighted by Gasteiger charge is 2.31. The fourth-order valence-corrected chi connectivity index (χ4v) is 4.89. The van der Waals surface area contributed by atoms with Gasteiger partial charge in [0.15, 0.2) is 5.78 Å². The molecule has 0 bridgehead atoms. The molecule has 0 saturated heterocycles. The van der Waals surface area contributed by atoms with Crippen molar-refractivity contribution in [2.75, 3.05) is 29.7 Å². The highest BCUT2D eigenvalue weighted by Crippen LogP contribution is 2.19. The zero-order valence-electron chi connectivity index (χ0n) is 19.2. The molecule has 1 aliphatic heterocycles. The number of amides is 2. The minimum Gasteiger partial charge on any atom is -0.481 e. The number of anilines is 1. The molecule has 1 atom stereocenters. The second-order valence-electron chi connectivity index (χ2n) is 8.06. The quantitative estimate of drug-likeness (QED) is 0.469. The van der Waals surface area contributed by atoms with E-state index in [-0.39, 0.29) is 23.9 Å². The van der Waals surface area contributed by atoms with E-state index < -0.39 is 46.7 Å². The summed E-state index contributed by atoms with van der Waals surface area (Å²) in [4.78, 5) is 51.1. The topological polar surface area (TPSA) is 141 Å². The van der Waals surface area contributed by atoms with Crippen molar-refractivity contribution in [2.24, 2.45) is 0 Å². The maximum Gasteiger partial charge on any atom is 0.305 e. The first kappa shape index (κ1) is 25.9. The number of carbonyl (C=O) groups excluding carboxylic acids is 3. The van der Waals surface area contributed by atoms with Gasteiger partial charge in [-0.2, -0.15) is 0 Å². The van der Waals surface area contributed by atoms with Gasteiger partial charge in [0.2, 0.25) is 15.9 Å². The molecule has 1 unspecified atom stereocenters. The van der Waals surface area contributed by atoms with Gasteiger partial charge in [-0.05, 0) is 37.1 Å². The number of fused-ring (bicyclic) bond motifs is 1. The van der Waals surface area contributed by atoms with Gasteiger partial charge in [-0.25, -0.2) is 8.42 Å². The third kappa shape index (κ3) is 6.44. The number of carbonyl (C=O) groups is 4. The zero-order chi connectivity index (χ0) is 25.6. The number of benzene rings is 2. The van der Waals surface area contributed by atoms with E-state index in [1.54, 1.807) is 30.3 Å². The zero-order valence-corrected chi connectivity index (χ0v) is 20.0. The summed E-state index contributed by atoms with van der Waals surface area (Å²) in [6.07, 6.45) is -0.163. The number of ketones is 1. The Kier molecular flexibility index (Phi) is 8.23. The minimum atomic E-state index is -3.86. The number of rotatable bonds is 11. The maximum atomic E-state index is 13.0. The third-order valence-electron chi connectivity index (χ3n) is 5.67. The first-order valence-electron chi connectivity index (χ1n) is 11.1. The molecule has 0 aromatic heterocycles. The number of Topliss-reactive ketones (excluding diaryl/α,β-unsaturated/α-hetero) is 1. The summed E-state index contributed by atoms with van der Waals surface area (Å²) in [5.74, 6) is -3.42. The third-order valence-corrected chi connectivity index (χ3v) is 7.41. The molecule has 1 aliphatic rings. The van der Waals surface area contributed by atoms with Crippen LogP contribution in [0.4, 0.5) is 5.69 Å². The van der Waals surface area contributed by atoms with Gasteiger partial charge in [-0.1, -0.05) is 36.4 Å². The van der Waals surface area contributed by atoms with Gasteiger partial charge in [0.05, 0.1) is 37.0 Å². The normalized spacial score (nSPS) is 14.1. The lowest BCUT2D eigenvalue weighted by Crippen LogP contribution is -2.51. The number of nitrogens with one attached hydrogen (secondary N) is 1. The van der Waals surface area contributed by atoms with Gasteiger partial charge >= 0.3 is 5.97 Å². The lowest BCUT2D eigenvalue weighted by atomic mass is 9.99. The summed E-state index contributed by atoms with van der Waals surface area (Å²) < 4.78 is 26.2. The Morgan fingerprint density at radius 1 is 1.09 bits per heavy atom. The summed E-state index contributed by atoms with van der Waals surface area (Å²) in [6, 6.07) is 13.6. The highest BCUT2D eigenvalue weighted by atomic mass is 32.2. The van der Waals surface area contributed by atoms with E-state index in [0.717, 1.165) is 9.87 Å². The molecule has 2 amide bonds. The lowest BCUT2D eigenvalue weighted by molar-refractivity contribution is -0.140. The molecule has 0 radical (unpaired) electrons. The molecule has 11 heteroatoms. The van der Waals surface area contributed by atoms with Crippen molar-refractivity contribution in [3.05, 3.63) is 65.7 Å². The average molecular weight is 502 g/mol. The molecule has 3 rings (SSSR count). The van der Waals surface area contributed by atoms with Crippen LogP contribution in [0.3, 0.4) is 0 Å². The SMILES string of the molecule is CCS(=O)(=O)N(CC(=O)C(CC(=O)O)NC(=O)CN1CCc2ccccc2C1=O)c1ccccc1. The van der Waals surface area contributed by atoms with Crippen LogP contribution in [0.1, 0.15) is 29.3 Å². The van der Waals surface area contributed by atoms with Crippen molar-refractivity contribution in [3.8, 4) is 0 Å².